The van der Waals surface area contributed by atoms with E-state index in [1.165, 1.54) is 4.57 Å². The number of morpholine rings is 1. The van der Waals surface area contributed by atoms with Gasteiger partial charge in [0.05, 0.1) is 37.3 Å². The molecule has 1 N–H and O–H groups in total. The van der Waals surface area contributed by atoms with Gasteiger partial charge in [-0.05, 0) is 12.1 Å². The molecule has 0 unspecified atom stereocenters. The number of aromatic nitrogens is 4. The van der Waals surface area contributed by atoms with Gasteiger partial charge in [-0.2, -0.15) is 9.97 Å². The van der Waals surface area contributed by atoms with Crippen molar-refractivity contribution in [2.24, 2.45) is 0 Å². The largest absolute Gasteiger partial charge is 0.378 e. The van der Waals surface area contributed by atoms with Crippen LogP contribution in [0.4, 0.5) is 20.4 Å². The molecule has 2 aliphatic heterocycles. The molecule has 12 heteroatoms. The summed E-state index contributed by atoms with van der Waals surface area (Å²) in [4.78, 5) is 31.9. The van der Waals surface area contributed by atoms with Crippen molar-refractivity contribution in [3.05, 3.63) is 36.2 Å². The van der Waals surface area contributed by atoms with Gasteiger partial charge in [0, 0.05) is 45.3 Å². The number of amides is 1. The van der Waals surface area contributed by atoms with Crippen LogP contribution in [0.25, 0.3) is 17.0 Å². The smallest absolute Gasteiger partial charge is 0.296 e. The number of rotatable bonds is 7. The van der Waals surface area contributed by atoms with Gasteiger partial charge >= 0.3 is 0 Å². The van der Waals surface area contributed by atoms with Crippen LogP contribution in [0, 0.1) is 12.3 Å². The highest BCUT2D eigenvalue weighted by molar-refractivity contribution is 5.79. The minimum Gasteiger partial charge on any atom is -0.378 e. The van der Waals surface area contributed by atoms with E-state index in [4.69, 9.17) is 21.1 Å². The van der Waals surface area contributed by atoms with Gasteiger partial charge in [0.15, 0.2) is 5.82 Å². The number of halogens is 2. The maximum absolute atomic E-state index is 14.1. The van der Waals surface area contributed by atoms with Gasteiger partial charge in [-0.25, -0.2) is 13.8 Å². The monoisotopic (exact) mass is 510 g/mol. The van der Waals surface area contributed by atoms with Gasteiger partial charge < -0.3 is 19.4 Å². The Bertz CT molecular complexity index is 1290. The number of para-hydroxylation sites is 2. The predicted molar refractivity (Wildman–Crippen MR) is 135 cm³/mol. The van der Waals surface area contributed by atoms with Crippen LogP contribution in [-0.4, -0.2) is 95.9 Å². The zero-order valence-electron chi connectivity index (χ0n) is 20.3. The Labute approximate surface area is 213 Å². The van der Waals surface area contributed by atoms with Crippen molar-refractivity contribution in [3.8, 4) is 18.3 Å². The number of alkyl halides is 2. The Morgan fingerprint density at radius 3 is 2.38 bits per heavy atom. The summed E-state index contributed by atoms with van der Waals surface area (Å²) in [7, 11) is 0. The molecule has 194 valence electrons. The second-order valence-electron chi connectivity index (χ2n) is 8.75. The Morgan fingerprint density at radius 2 is 1.70 bits per heavy atom. The lowest BCUT2D eigenvalue weighted by Crippen LogP contribution is -2.51. The molecule has 2 aromatic heterocycles. The van der Waals surface area contributed by atoms with E-state index >= 15 is 0 Å². The van der Waals surface area contributed by atoms with Crippen LogP contribution >= 0.6 is 0 Å². The Balaban J connectivity index is 1.48. The first kappa shape index (κ1) is 24.9. The summed E-state index contributed by atoms with van der Waals surface area (Å²) >= 11 is 0. The molecule has 1 aromatic carbocycles. The van der Waals surface area contributed by atoms with Crippen LogP contribution in [0.2, 0.25) is 0 Å². The minimum atomic E-state index is -2.80. The normalized spacial score (nSPS) is 16.4. The van der Waals surface area contributed by atoms with Gasteiger partial charge in [-0.1, -0.05) is 18.1 Å². The first-order valence-electron chi connectivity index (χ1n) is 12.2. The summed E-state index contributed by atoms with van der Waals surface area (Å²) < 4.78 is 34.9. The van der Waals surface area contributed by atoms with E-state index < -0.39 is 12.2 Å². The van der Waals surface area contributed by atoms with Crippen molar-refractivity contribution in [1.29, 1.82) is 0 Å². The lowest BCUT2D eigenvalue weighted by molar-refractivity contribution is -0.130. The van der Waals surface area contributed by atoms with Crippen molar-refractivity contribution in [1.82, 2.24) is 29.7 Å². The van der Waals surface area contributed by atoms with Crippen LogP contribution in [0.15, 0.2) is 30.3 Å². The number of nitrogens with one attached hydrogen (secondary N) is 1. The average Bonchev–Trinajstić information content (AvgIpc) is 3.34. The lowest BCUT2D eigenvalue weighted by Gasteiger charge is -2.36. The summed E-state index contributed by atoms with van der Waals surface area (Å²) in [6, 6.07) is 8.84. The molecular weight excluding hydrogens is 482 g/mol. The molecule has 2 saturated heterocycles. The number of piperazine rings is 1. The molecule has 0 spiro atoms. The van der Waals surface area contributed by atoms with E-state index in [9.17, 15) is 13.6 Å². The number of imidazole rings is 1. The molecule has 4 heterocycles. The number of carbonyl (C=O) groups excluding carboxylic acids is 1. The van der Waals surface area contributed by atoms with Crippen LogP contribution < -0.4 is 15.1 Å². The molecular formula is C25H28F2N8O2. The Kier molecular flexibility index (Phi) is 7.43. The molecule has 0 bridgehead atoms. The zero-order valence-corrected chi connectivity index (χ0v) is 20.3. The number of benzene rings is 1. The number of hydrogen-bond acceptors (Lipinski definition) is 8. The van der Waals surface area contributed by atoms with Crippen molar-refractivity contribution in [3.63, 3.8) is 0 Å². The first-order valence-corrected chi connectivity index (χ1v) is 12.2. The fraction of sp³-hybridized carbons (Fsp3) is 0.440. The molecule has 10 nitrogen and oxygen atoms in total. The topological polar surface area (TPSA) is 91.7 Å². The second kappa shape index (κ2) is 11.1. The highest BCUT2D eigenvalue weighted by Gasteiger charge is 2.26. The summed E-state index contributed by atoms with van der Waals surface area (Å²) in [5, 5.41) is 2.92. The zero-order chi connectivity index (χ0) is 25.8. The van der Waals surface area contributed by atoms with Gasteiger partial charge in [0.2, 0.25) is 11.9 Å². The van der Waals surface area contributed by atoms with Crippen molar-refractivity contribution < 1.29 is 18.3 Å². The molecule has 2 aliphatic rings. The second-order valence-corrected chi connectivity index (χ2v) is 8.75. The highest BCUT2D eigenvalue weighted by Crippen LogP contribution is 2.29. The quantitative estimate of drug-likeness (QED) is 0.378. The summed E-state index contributed by atoms with van der Waals surface area (Å²) in [6.07, 6.45) is 2.43. The highest BCUT2D eigenvalue weighted by atomic mass is 19.3. The molecule has 37 heavy (non-hydrogen) atoms. The number of terminal acetylenes is 1. The fourth-order valence-electron chi connectivity index (χ4n) is 4.57. The number of nitrogens with zero attached hydrogens (tertiary/aromatic N) is 7. The fourth-order valence-corrected chi connectivity index (χ4v) is 4.57. The summed E-state index contributed by atoms with van der Waals surface area (Å²) in [5.74, 6) is 3.43. The maximum atomic E-state index is 14.1. The predicted octanol–water partition coefficient (Wildman–Crippen LogP) is 1.46. The molecule has 0 radical (unpaired) electrons. The molecule has 0 saturated carbocycles. The van der Waals surface area contributed by atoms with Crippen LogP contribution in [0.5, 0.6) is 0 Å². The summed E-state index contributed by atoms with van der Waals surface area (Å²) in [5.41, 5.74) is 0.961. The minimum absolute atomic E-state index is 0.0151. The van der Waals surface area contributed by atoms with Crippen molar-refractivity contribution >= 4 is 28.6 Å². The average molecular weight is 511 g/mol. The van der Waals surface area contributed by atoms with Crippen LogP contribution in [0.3, 0.4) is 0 Å². The standard InChI is InChI=1S/C25H28F2N8O2/c1-2-7-28-17-22(36)34-10-8-32(9-11-34)20-16-21(33-12-14-37-15-13-33)31-25(30-20)35-19-6-4-3-5-18(19)29-24(35)23(26)27/h1,3-6,16,23,28H,7-15,17H2. The SMILES string of the molecule is C#CCNCC(=O)N1CCN(c2cc(N3CCOCC3)nc(-n3c(C(F)F)nc4ccccc43)n2)CC1. The number of ether oxygens (including phenoxy) is 1. The Hall–Kier alpha value is -3.82. The number of fused-ring (bicyclic) bond motifs is 1. The van der Waals surface area contributed by atoms with Crippen LogP contribution in [0.1, 0.15) is 12.2 Å². The molecule has 2 fully saturated rings. The molecule has 0 atom stereocenters. The summed E-state index contributed by atoms with van der Waals surface area (Å²) in [6.45, 7) is 5.02. The number of anilines is 2. The molecule has 0 aliphatic carbocycles. The first-order chi connectivity index (χ1) is 18.0. The van der Waals surface area contributed by atoms with E-state index in [0.717, 1.165) is 0 Å². The van der Waals surface area contributed by atoms with Gasteiger partial charge in [0.1, 0.15) is 11.6 Å². The number of carbonyl (C=O) groups is 1. The van der Waals surface area contributed by atoms with Crippen LogP contribution in [-0.2, 0) is 9.53 Å². The van der Waals surface area contributed by atoms with E-state index in [1.807, 2.05) is 6.07 Å². The molecule has 5 rings (SSSR count). The lowest BCUT2D eigenvalue weighted by atomic mass is 10.3. The number of hydrogen-bond donors (Lipinski definition) is 1. The van der Waals surface area contributed by atoms with Gasteiger partial charge in [-0.3, -0.25) is 14.7 Å². The van der Waals surface area contributed by atoms with Crippen molar-refractivity contribution in [2.45, 2.75) is 6.43 Å². The van der Waals surface area contributed by atoms with Gasteiger partial charge in [0.25, 0.3) is 6.43 Å². The molecule has 3 aromatic rings. The van der Waals surface area contributed by atoms with E-state index in [2.05, 4.69) is 26.0 Å². The molecule has 1 amide bonds. The third-order valence-corrected chi connectivity index (χ3v) is 6.46. The third-order valence-electron chi connectivity index (χ3n) is 6.46. The Morgan fingerprint density at radius 1 is 1.03 bits per heavy atom. The van der Waals surface area contributed by atoms with Gasteiger partial charge in [-0.15, -0.1) is 6.42 Å². The van der Waals surface area contributed by atoms with E-state index in [-0.39, 0.29) is 18.4 Å². The third kappa shape index (κ3) is 5.33. The van der Waals surface area contributed by atoms with E-state index in [0.29, 0.717) is 81.7 Å². The maximum Gasteiger partial charge on any atom is 0.296 e. The van der Waals surface area contributed by atoms with E-state index in [1.54, 1.807) is 29.2 Å². The van der Waals surface area contributed by atoms with Crippen molar-refractivity contribution in [2.75, 3.05) is 75.4 Å².